The summed E-state index contributed by atoms with van der Waals surface area (Å²) in [5.74, 6) is -0.153. The van der Waals surface area contributed by atoms with E-state index in [1.165, 1.54) is 34.5 Å². The average molecular weight is 509 g/mol. The highest BCUT2D eigenvalue weighted by molar-refractivity contribution is 8.24. The van der Waals surface area contributed by atoms with E-state index in [9.17, 15) is 14.4 Å². The second-order valence-corrected chi connectivity index (χ2v) is 11.2. The molecule has 0 aromatic rings. The van der Waals surface area contributed by atoms with E-state index in [4.69, 9.17) is 56.5 Å². The SMILES string of the molecule is C=CCOC(=O)C1CSC(=S)[C@H]2[C@H](S1)C(=O)N2CCOC(=O)OCC(Cl)(Cl)Cl. The predicted octanol–water partition coefficient (Wildman–Crippen LogP) is 2.99. The third-order valence-corrected chi connectivity index (χ3v) is 7.19. The minimum absolute atomic E-state index is 0.101. The number of rotatable bonds is 7. The number of thiocarbonyl (C=S) groups is 1. The highest BCUT2D eigenvalue weighted by atomic mass is 35.6. The number of halogens is 3. The highest BCUT2D eigenvalue weighted by Gasteiger charge is 2.53. The van der Waals surface area contributed by atoms with Gasteiger partial charge in [-0.1, -0.05) is 59.7 Å². The lowest BCUT2D eigenvalue weighted by molar-refractivity contribution is -0.142. The summed E-state index contributed by atoms with van der Waals surface area (Å²) in [6, 6.07) is -0.324. The molecule has 1 amide bonds. The Morgan fingerprint density at radius 2 is 2.04 bits per heavy atom. The van der Waals surface area contributed by atoms with Crippen molar-refractivity contribution < 1.29 is 28.6 Å². The van der Waals surface area contributed by atoms with Crippen LogP contribution in [-0.4, -0.2) is 79.6 Å². The van der Waals surface area contributed by atoms with Gasteiger partial charge < -0.3 is 19.1 Å². The fourth-order valence-electron chi connectivity index (χ4n) is 2.38. The van der Waals surface area contributed by atoms with Crippen molar-refractivity contribution in [2.75, 3.05) is 32.1 Å². The summed E-state index contributed by atoms with van der Waals surface area (Å²) in [5.41, 5.74) is 0. The number of esters is 1. The summed E-state index contributed by atoms with van der Waals surface area (Å²) in [6.45, 7) is 3.19. The molecule has 0 saturated carbocycles. The summed E-state index contributed by atoms with van der Waals surface area (Å²) >= 11 is 24.4. The van der Waals surface area contributed by atoms with E-state index in [0.717, 1.165) is 0 Å². The third kappa shape index (κ3) is 6.56. The zero-order valence-corrected chi connectivity index (χ0v) is 19.0. The fraction of sp³-hybridized carbons (Fsp3) is 0.600. The van der Waals surface area contributed by atoms with Crippen LogP contribution in [0.1, 0.15) is 0 Å². The van der Waals surface area contributed by atoms with Gasteiger partial charge >= 0.3 is 12.1 Å². The Bertz CT molecular complexity index is 659. The van der Waals surface area contributed by atoms with Gasteiger partial charge in [0.25, 0.3) is 0 Å². The molecular weight excluding hydrogens is 493 g/mol. The maximum Gasteiger partial charge on any atom is 0.508 e. The molecule has 2 fully saturated rings. The first-order chi connectivity index (χ1) is 13.1. The highest BCUT2D eigenvalue weighted by Crippen LogP contribution is 2.41. The molecule has 156 valence electrons. The van der Waals surface area contributed by atoms with E-state index in [1.807, 2.05) is 0 Å². The quantitative estimate of drug-likeness (QED) is 0.169. The minimum atomic E-state index is -1.73. The molecule has 7 nitrogen and oxygen atoms in total. The summed E-state index contributed by atoms with van der Waals surface area (Å²) in [4.78, 5) is 37.5. The van der Waals surface area contributed by atoms with Crippen molar-refractivity contribution in [1.82, 2.24) is 4.90 Å². The van der Waals surface area contributed by atoms with Gasteiger partial charge in [0.05, 0.1) is 16.8 Å². The van der Waals surface area contributed by atoms with Gasteiger partial charge in [0.1, 0.15) is 30.3 Å². The monoisotopic (exact) mass is 507 g/mol. The number of hydrogen-bond acceptors (Lipinski definition) is 9. The Hall–Kier alpha value is -0.390. The number of carbonyl (C=O) groups excluding carboxylic acids is 3. The molecule has 3 atom stereocenters. The maximum atomic E-state index is 12.5. The summed E-state index contributed by atoms with van der Waals surface area (Å²) < 4.78 is 13.4. The Labute approximate surface area is 190 Å². The van der Waals surface area contributed by atoms with E-state index in [0.29, 0.717) is 9.95 Å². The van der Waals surface area contributed by atoms with Gasteiger partial charge in [0.15, 0.2) is 0 Å². The molecule has 2 heterocycles. The molecule has 0 aromatic heterocycles. The summed E-state index contributed by atoms with van der Waals surface area (Å²) in [6.07, 6.45) is 0.474. The van der Waals surface area contributed by atoms with Crippen LogP contribution in [0.4, 0.5) is 4.79 Å². The Kier molecular flexibility index (Phi) is 9.03. The molecule has 2 rings (SSSR count). The molecule has 0 spiro atoms. The number of hydrogen-bond donors (Lipinski definition) is 0. The van der Waals surface area contributed by atoms with Crippen LogP contribution in [-0.2, 0) is 23.8 Å². The largest absolute Gasteiger partial charge is 0.508 e. The van der Waals surface area contributed by atoms with Crippen molar-refractivity contribution in [2.24, 2.45) is 0 Å². The number of carbonyl (C=O) groups is 3. The smallest absolute Gasteiger partial charge is 0.461 e. The molecule has 0 aromatic carbocycles. The Balaban J connectivity index is 1.83. The molecule has 13 heteroatoms. The van der Waals surface area contributed by atoms with Crippen LogP contribution in [0.25, 0.3) is 0 Å². The molecule has 2 aliphatic rings. The zero-order chi connectivity index (χ0) is 20.9. The van der Waals surface area contributed by atoms with Crippen LogP contribution in [0, 0.1) is 0 Å². The average Bonchev–Trinajstić information content (AvgIpc) is 2.78. The van der Waals surface area contributed by atoms with E-state index >= 15 is 0 Å². The molecule has 28 heavy (non-hydrogen) atoms. The Morgan fingerprint density at radius 3 is 2.68 bits per heavy atom. The lowest BCUT2D eigenvalue weighted by Crippen LogP contribution is -2.66. The van der Waals surface area contributed by atoms with Gasteiger partial charge in [-0.2, -0.15) is 0 Å². The lowest BCUT2D eigenvalue weighted by Gasteiger charge is -2.45. The molecule has 0 aliphatic carbocycles. The second-order valence-electron chi connectivity index (χ2n) is 5.57. The lowest BCUT2D eigenvalue weighted by atomic mass is 10.0. The van der Waals surface area contributed by atoms with Crippen LogP contribution < -0.4 is 0 Å². The van der Waals surface area contributed by atoms with E-state index in [-0.39, 0.29) is 31.7 Å². The normalized spacial score (nSPS) is 24.5. The standard InChI is InChI=1S/C15H16Cl3NO6S3/c1-2-4-23-12(21)8-6-27-13(26)9-10(28-8)11(20)19(9)3-5-24-14(22)25-7-15(16,17)18/h2,8-10H,1,3-7H2/t8?,9-,10+/m1/s1. The fourth-order valence-corrected chi connectivity index (χ4v) is 5.80. The molecule has 0 bridgehead atoms. The Morgan fingerprint density at radius 1 is 1.32 bits per heavy atom. The van der Waals surface area contributed by atoms with Gasteiger partial charge in [-0.15, -0.1) is 23.5 Å². The van der Waals surface area contributed by atoms with Gasteiger partial charge in [-0.3, -0.25) is 9.59 Å². The van der Waals surface area contributed by atoms with Crippen LogP contribution in [0.15, 0.2) is 12.7 Å². The summed E-state index contributed by atoms with van der Waals surface area (Å²) in [5, 5.41) is -0.947. The van der Waals surface area contributed by atoms with E-state index < -0.39 is 33.0 Å². The van der Waals surface area contributed by atoms with Gasteiger partial charge in [0.2, 0.25) is 9.70 Å². The van der Waals surface area contributed by atoms with E-state index in [1.54, 1.807) is 0 Å². The van der Waals surface area contributed by atoms with Crippen LogP contribution in [0.5, 0.6) is 0 Å². The topological polar surface area (TPSA) is 82.1 Å². The zero-order valence-electron chi connectivity index (χ0n) is 14.3. The van der Waals surface area contributed by atoms with Gasteiger partial charge in [-0.25, -0.2) is 4.79 Å². The van der Waals surface area contributed by atoms with E-state index in [2.05, 4.69) is 11.3 Å². The van der Waals surface area contributed by atoms with Gasteiger partial charge in [0, 0.05) is 5.75 Å². The second kappa shape index (κ2) is 10.6. The first-order valence-corrected chi connectivity index (χ1v) is 11.4. The van der Waals surface area contributed by atoms with Crippen LogP contribution >= 0.6 is 70.5 Å². The van der Waals surface area contributed by atoms with Crippen molar-refractivity contribution in [3.8, 4) is 0 Å². The summed E-state index contributed by atoms with van der Waals surface area (Å²) in [7, 11) is 0. The number of amides is 1. The number of likely N-dealkylation sites (tertiary alicyclic amines) is 1. The number of nitrogens with zero attached hydrogens (tertiary/aromatic N) is 1. The number of thioether (sulfide) groups is 2. The molecule has 0 radical (unpaired) electrons. The third-order valence-electron chi connectivity index (χ3n) is 3.59. The van der Waals surface area contributed by atoms with Crippen molar-refractivity contribution in [3.63, 3.8) is 0 Å². The molecule has 2 saturated heterocycles. The first kappa shape index (κ1) is 23.9. The van der Waals surface area contributed by atoms with Crippen molar-refractivity contribution >= 4 is 92.8 Å². The number of alkyl halides is 3. The number of ether oxygens (including phenoxy) is 3. The number of fused-ring (bicyclic) bond motifs is 1. The molecular formula is C15H16Cl3NO6S3. The van der Waals surface area contributed by atoms with Crippen molar-refractivity contribution in [2.45, 2.75) is 20.3 Å². The molecule has 0 N–H and O–H groups in total. The number of β-lactam (4-membered cyclic amide) rings is 1. The van der Waals surface area contributed by atoms with Crippen LogP contribution in [0.2, 0.25) is 0 Å². The van der Waals surface area contributed by atoms with Crippen molar-refractivity contribution in [1.29, 1.82) is 0 Å². The van der Waals surface area contributed by atoms with Gasteiger partial charge in [-0.05, 0) is 0 Å². The van der Waals surface area contributed by atoms with Crippen LogP contribution in [0.3, 0.4) is 0 Å². The molecule has 1 unspecified atom stereocenters. The minimum Gasteiger partial charge on any atom is -0.461 e. The first-order valence-electron chi connectivity index (χ1n) is 7.90. The molecule has 2 aliphatic heterocycles. The maximum absolute atomic E-state index is 12.5. The predicted molar refractivity (Wildman–Crippen MR) is 114 cm³/mol. The van der Waals surface area contributed by atoms with Crippen molar-refractivity contribution in [3.05, 3.63) is 12.7 Å².